The second-order valence-electron chi connectivity index (χ2n) is 3.99. The van der Waals surface area contributed by atoms with Gasteiger partial charge in [-0.2, -0.15) is 0 Å². The van der Waals surface area contributed by atoms with E-state index in [1.54, 1.807) is 0 Å². The Morgan fingerprint density at radius 1 is 1.41 bits per heavy atom. The Labute approximate surface area is 99.2 Å². The predicted octanol–water partition coefficient (Wildman–Crippen LogP) is 2.73. The molecule has 17 heavy (non-hydrogen) atoms. The highest BCUT2D eigenvalue weighted by Gasteiger charge is 2.22. The van der Waals surface area contributed by atoms with Gasteiger partial charge in [0.05, 0.1) is 11.9 Å². The number of nitrogens with zero attached hydrogens (tertiary/aromatic N) is 2. The second-order valence-corrected chi connectivity index (χ2v) is 3.99. The molecule has 0 radical (unpaired) electrons. The van der Waals surface area contributed by atoms with Gasteiger partial charge in [-0.3, -0.25) is 0 Å². The van der Waals surface area contributed by atoms with Crippen molar-refractivity contribution in [3.63, 3.8) is 0 Å². The summed E-state index contributed by atoms with van der Waals surface area (Å²) in [5.74, 6) is 0.357. The molecule has 0 spiro atoms. The van der Waals surface area contributed by atoms with Crippen LogP contribution in [-0.2, 0) is 4.74 Å². The van der Waals surface area contributed by atoms with E-state index in [-0.39, 0.29) is 17.4 Å². The molecule has 1 aromatic heterocycles. The molecule has 6 heteroatoms. The lowest BCUT2D eigenvalue weighted by Gasteiger charge is -2.20. The quantitative estimate of drug-likeness (QED) is 0.866. The molecule has 0 amide bonds. The standard InChI is InChI=1S/C11H17F2N3O/c1-4-17-9(6(2)3)11-15-5-7(14)8(16-11)10(12)13/h5-6,9-10H,4,14H2,1-3H3. The van der Waals surface area contributed by atoms with E-state index < -0.39 is 18.2 Å². The summed E-state index contributed by atoms with van der Waals surface area (Å²) in [6, 6.07) is 0. The number of ether oxygens (including phenoxy) is 1. The average molecular weight is 245 g/mol. The highest BCUT2D eigenvalue weighted by atomic mass is 19.3. The zero-order valence-electron chi connectivity index (χ0n) is 10.2. The van der Waals surface area contributed by atoms with E-state index in [2.05, 4.69) is 9.97 Å². The summed E-state index contributed by atoms with van der Waals surface area (Å²) in [6.07, 6.45) is -1.89. The smallest absolute Gasteiger partial charge is 0.282 e. The van der Waals surface area contributed by atoms with Crippen LogP contribution < -0.4 is 5.73 Å². The van der Waals surface area contributed by atoms with E-state index in [1.807, 2.05) is 20.8 Å². The highest BCUT2D eigenvalue weighted by Crippen LogP contribution is 2.27. The van der Waals surface area contributed by atoms with E-state index in [1.165, 1.54) is 6.20 Å². The first-order valence-electron chi connectivity index (χ1n) is 5.49. The van der Waals surface area contributed by atoms with Gasteiger partial charge in [0.15, 0.2) is 5.82 Å². The molecule has 2 N–H and O–H groups in total. The molecule has 1 aromatic rings. The number of hydrogen-bond donors (Lipinski definition) is 1. The Bertz CT molecular complexity index is 372. The number of nitrogens with two attached hydrogens (primary N) is 1. The van der Waals surface area contributed by atoms with Crippen molar-refractivity contribution in [3.8, 4) is 0 Å². The number of alkyl halides is 2. The van der Waals surface area contributed by atoms with E-state index in [9.17, 15) is 8.78 Å². The van der Waals surface area contributed by atoms with Gasteiger partial charge in [0, 0.05) is 6.61 Å². The van der Waals surface area contributed by atoms with Crippen LogP contribution >= 0.6 is 0 Å². The topological polar surface area (TPSA) is 61.0 Å². The Morgan fingerprint density at radius 2 is 2.06 bits per heavy atom. The molecule has 0 saturated heterocycles. The van der Waals surface area contributed by atoms with Crippen molar-refractivity contribution in [3.05, 3.63) is 17.7 Å². The first-order valence-corrected chi connectivity index (χ1v) is 5.49. The normalized spacial score (nSPS) is 13.4. The Morgan fingerprint density at radius 3 is 2.53 bits per heavy atom. The van der Waals surface area contributed by atoms with Crippen molar-refractivity contribution in [2.45, 2.75) is 33.3 Å². The van der Waals surface area contributed by atoms with Crippen LogP contribution in [0.15, 0.2) is 6.20 Å². The molecule has 0 fully saturated rings. The van der Waals surface area contributed by atoms with Crippen LogP contribution in [0.4, 0.5) is 14.5 Å². The van der Waals surface area contributed by atoms with E-state index in [0.29, 0.717) is 6.61 Å². The van der Waals surface area contributed by atoms with Crippen LogP contribution in [-0.4, -0.2) is 16.6 Å². The summed E-state index contributed by atoms with van der Waals surface area (Å²) >= 11 is 0. The summed E-state index contributed by atoms with van der Waals surface area (Å²) in [5, 5.41) is 0. The lowest BCUT2D eigenvalue weighted by Crippen LogP contribution is -2.16. The molecule has 96 valence electrons. The van der Waals surface area contributed by atoms with Gasteiger partial charge in [0.1, 0.15) is 11.8 Å². The van der Waals surface area contributed by atoms with Gasteiger partial charge in [-0.05, 0) is 12.8 Å². The van der Waals surface area contributed by atoms with Gasteiger partial charge in [-0.15, -0.1) is 0 Å². The third kappa shape index (κ3) is 3.33. The minimum absolute atomic E-state index is 0.0947. The largest absolute Gasteiger partial charge is 0.396 e. The fourth-order valence-electron chi connectivity index (χ4n) is 1.48. The van der Waals surface area contributed by atoms with Crippen LogP contribution in [0.5, 0.6) is 0 Å². The molecule has 0 bridgehead atoms. The van der Waals surface area contributed by atoms with Gasteiger partial charge in [0.2, 0.25) is 0 Å². The summed E-state index contributed by atoms with van der Waals surface area (Å²) in [4.78, 5) is 7.77. The third-order valence-corrected chi connectivity index (χ3v) is 2.28. The fourth-order valence-corrected chi connectivity index (χ4v) is 1.48. The maximum atomic E-state index is 12.6. The molecule has 0 aliphatic carbocycles. The van der Waals surface area contributed by atoms with Crippen molar-refractivity contribution in [1.82, 2.24) is 9.97 Å². The molecule has 4 nitrogen and oxygen atoms in total. The summed E-state index contributed by atoms with van der Waals surface area (Å²) < 4.78 is 30.7. The average Bonchev–Trinajstić information content (AvgIpc) is 2.26. The maximum absolute atomic E-state index is 12.6. The van der Waals surface area contributed by atoms with Gasteiger partial charge in [-0.1, -0.05) is 13.8 Å². The summed E-state index contributed by atoms with van der Waals surface area (Å²) in [5.41, 5.74) is 4.87. The molecule has 1 atom stereocenters. The molecule has 0 aliphatic heterocycles. The van der Waals surface area contributed by atoms with Crippen LogP contribution in [0.2, 0.25) is 0 Å². The minimum Gasteiger partial charge on any atom is -0.396 e. The van der Waals surface area contributed by atoms with Gasteiger partial charge in [-0.25, -0.2) is 18.7 Å². The Kier molecular flexibility index (Phi) is 4.74. The molecular formula is C11H17F2N3O. The first-order chi connectivity index (χ1) is 7.97. The molecule has 1 rings (SSSR count). The third-order valence-electron chi connectivity index (χ3n) is 2.28. The zero-order chi connectivity index (χ0) is 13.0. The van der Waals surface area contributed by atoms with Crippen LogP contribution in [0.3, 0.4) is 0 Å². The van der Waals surface area contributed by atoms with Crippen molar-refractivity contribution >= 4 is 5.69 Å². The number of anilines is 1. The SMILES string of the molecule is CCOC(c1ncc(N)c(C(F)F)n1)C(C)C. The van der Waals surface area contributed by atoms with Crippen LogP contribution in [0.25, 0.3) is 0 Å². The lowest BCUT2D eigenvalue weighted by atomic mass is 10.1. The van der Waals surface area contributed by atoms with Gasteiger partial charge in [0.25, 0.3) is 6.43 Å². The number of aromatic nitrogens is 2. The predicted molar refractivity (Wildman–Crippen MR) is 60.6 cm³/mol. The van der Waals surface area contributed by atoms with Crippen molar-refractivity contribution < 1.29 is 13.5 Å². The van der Waals surface area contributed by atoms with Crippen LogP contribution in [0.1, 0.15) is 44.8 Å². The van der Waals surface area contributed by atoms with Crippen molar-refractivity contribution in [2.24, 2.45) is 5.92 Å². The molecule has 0 aliphatic rings. The van der Waals surface area contributed by atoms with E-state index in [4.69, 9.17) is 10.5 Å². The Balaban J connectivity index is 3.08. The van der Waals surface area contributed by atoms with E-state index >= 15 is 0 Å². The number of halogens is 2. The lowest BCUT2D eigenvalue weighted by molar-refractivity contribution is 0.0224. The van der Waals surface area contributed by atoms with Crippen molar-refractivity contribution in [2.75, 3.05) is 12.3 Å². The van der Waals surface area contributed by atoms with Crippen molar-refractivity contribution in [1.29, 1.82) is 0 Å². The fraction of sp³-hybridized carbons (Fsp3) is 0.636. The van der Waals surface area contributed by atoms with Crippen LogP contribution in [0, 0.1) is 5.92 Å². The molecular weight excluding hydrogens is 228 g/mol. The number of rotatable bonds is 5. The van der Waals surface area contributed by atoms with E-state index in [0.717, 1.165) is 0 Å². The molecule has 0 saturated carbocycles. The molecule has 0 aromatic carbocycles. The summed E-state index contributed by atoms with van der Waals surface area (Å²) in [7, 11) is 0. The van der Waals surface area contributed by atoms with Gasteiger partial charge < -0.3 is 10.5 Å². The second kappa shape index (κ2) is 5.86. The Hall–Kier alpha value is -1.30. The maximum Gasteiger partial charge on any atom is 0.282 e. The number of nitrogen functional groups attached to an aromatic ring is 1. The van der Waals surface area contributed by atoms with Gasteiger partial charge >= 0.3 is 0 Å². The highest BCUT2D eigenvalue weighted by molar-refractivity contribution is 5.41. The minimum atomic E-state index is -2.70. The monoisotopic (exact) mass is 245 g/mol. The number of hydrogen-bond acceptors (Lipinski definition) is 4. The first kappa shape index (κ1) is 13.8. The molecule has 1 unspecified atom stereocenters. The zero-order valence-corrected chi connectivity index (χ0v) is 10.2. The molecule has 1 heterocycles. The summed E-state index contributed by atoms with van der Waals surface area (Å²) in [6.45, 7) is 6.14.